The van der Waals surface area contributed by atoms with Crippen molar-refractivity contribution in [3.8, 4) is 0 Å². The van der Waals surface area contributed by atoms with E-state index in [-0.39, 0.29) is 24.2 Å². The summed E-state index contributed by atoms with van der Waals surface area (Å²) < 4.78 is 0. The van der Waals surface area contributed by atoms with Gasteiger partial charge in [-0.05, 0) is 36.1 Å². The second-order valence-corrected chi connectivity index (χ2v) is 8.39. The van der Waals surface area contributed by atoms with Gasteiger partial charge in [-0.25, -0.2) is 9.88 Å². The van der Waals surface area contributed by atoms with E-state index in [2.05, 4.69) is 20.6 Å². The van der Waals surface area contributed by atoms with Gasteiger partial charge in [0, 0.05) is 60.7 Å². The number of hydrogen-bond acceptors (Lipinski definition) is 6. The molecule has 9 heteroatoms. The summed E-state index contributed by atoms with van der Waals surface area (Å²) in [6.45, 7) is 3.81. The van der Waals surface area contributed by atoms with Gasteiger partial charge >= 0.3 is 0 Å². The average Bonchev–Trinajstić information content (AvgIpc) is 3.37. The highest BCUT2D eigenvalue weighted by Crippen LogP contribution is 2.39. The van der Waals surface area contributed by atoms with Gasteiger partial charge in [0.1, 0.15) is 0 Å². The van der Waals surface area contributed by atoms with E-state index < -0.39 is 5.85 Å². The Morgan fingerprint density at radius 1 is 1.43 bits per heavy atom. The standard InChI is InChI=1S/C21H25N5O3S/c1-3-19(28)26(20-22-8-9-30-20)21(29)11-14(6-7-24-21)17-12-23-18-5-4-15(10-16(17)18)25-13(2)27/h4-5,8-10,12,14,23-24,29H,3,6-7,11H2,1-2H3,(H,25,27). The molecule has 30 heavy (non-hydrogen) atoms. The number of carbonyl (C=O) groups is 2. The second-order valence-electron chi connectivity index (χ2n) is 7.52. The van der Waals surface area contributed by atoms with E-state index in [1.807, 2.05) is 24.4 Å². The fourth-order valence-electron chi connectivity index (χ4n) is 4.12. The SMILES string of the molecule is CCC(=O)N(c1nccs1)C1(O)CC(c2c[nH]c3ccc(NC(C)=O)cc23)CCN1. The molecule has 2 aromatic heterocycles. The minimum Gasteiger partial charge on any atom is -0.361 e. The molecule has 158 valence electrons. The molecular formula is C21H25N5O3S. The number of H-pyrrole nitrogens is 1. The van der Waals surface area contributed by atoms with Gasteiger partial charge in [0.15, 0.2) is 5.13 Å². The Balaban J connectivity index is 1.68. The van der Waals surface area contributed by atoms with Gasteiger partial charge in [-0.2, -0.15) is 0 Å². The molecule has 3 aromatic rings. The summed E-state index contributed by atoms with van der Waals surface area (Å²) in [6, 6.07) is 5.73. The number of hydrogen-bond donors (Lipinski definition) is 4. The molecule has 1 aromatic carbocycles. The molecule has 4 rings (SSSR count). The lowest BCUT2D eigenvalue weighted by Gasteiger charge is -2.44. The zero-order valence-corrected chi connectivity index (χ0v) is 17.8. The van der Waals surface area contributed by atoms with Gasteiger partial charge in [-0.3, -0.25) is 14.9 Å². The Kier molecular flexibility index (Phi) is 5.59. The number of thiazole rings is 1. The maximum absolute atomic E-state index is 12.7. The van der Waals surface area contributed by atoms with Crippen molar-refractivity contribution in [3.63, 3.8) is 0 Å². The van der Waals surface area contributed by atoms with Crippen LogP contribution in [0.2, 0.25) is 0 Å². The van der Waals surface area contributed by atoms with Crippen molar-refractivity contribution in [2.75, 3.05) is 16.8 Å². The molecule has 2 amide bonds. The predicted molar refractivity (Wildman–Crippen MR) is 117 cm³/mol. The number of anilines is 2. The van der Waals surface area contributed by atoms with Crippen LogP contribution in [-0.2, 0) is 9.59 Å². The van der Waals surface area contributed by atoms with E-state index >= 15 is 0 Å². The van der Waals surface area contributed by atoms with Crippen molar-refractivity contribution < 1.29 is 14.7 Å². The highest BCUT2D eigenvalue weighted by molar-refractivity contribution is 7.13. The topological polar surface area (TPSA) is 110 Å². The third kappa shape index (κ3) is 3.83. The Morgan fingerprint density at radius 2 is 2.27 bits per heavy atom. The van der Waals surface area contributed by atoms with Crippen LogP contribution < -0.4 is 15.5 Å². The van der Waals surface area contributed by atoms with Crippen LogP contribution in [0.4, 0.5) is 10.8 Å². The molecule has 8 nitrogen and oxygen atoms in total. The summed E-state index contributed by atoms with van der Waals surface area (Å²) in [7, 11) is 0. The predicted octanol–water partition coefficient (Wildman–Crippen LogP) is 3.14. The van der Waals surface area contributed by atoms with Crippen LogP contribution in [-0.4, -0.2) is 39.3 Å². The first-order chi connectivity index (χ1) is 14.4. The molecule has 3 heterocycles. The summed E-state index contributed by atoms with van der Waals surface area (Å²) in [5.74, 6) is -1.82. The number of aromatic amines is 1. The van der Waals surface area contributed by atoms with E-state index in [4.69, 9.17) is 0 Å². The van der Waals surface area contributed by atoms with Crippen molar-refractivity contribution in [2.24, 2.45) is 0 Å². The summed E-state index contributed by atoms with van der Waals surface area (Å²) in [4.78, 5) is 33.1. The Hall–Kier alpha value is -2.75. The summed E-state index contributed by atoms with van der Waals surface area (Å²) in [5, 5.41) is 20.7. The Bertz CT molecular complexity index is 1060. The number of fused-ring (bicyclic) bond motifs is 1. The van der Waals surface area contributed by atoms with Crippen LogP contribution in [0.25, 0.3) is 10.9 Å². The van der Waals surface area contributed by atoms with E-state index in [1.165, 1.54) is 23.2 Å². The lowest BCUT2D eigenvalue weighted by atomic mass is 9.86. The highest BCUT2D eigenvalue weighted by atomic mass is 32.1. The number of nitrogens with zero attached hydrogens (tertiary/aromatic N) is 2. The van der Waals surface area contributed by atoms with Gasteiger partial charge in [0.2, 0.25) is 17.7 Å². The number of aromatic nitrogens is 2. The molecule has 1 fully saturated rings. The molecule has 2 atom stereocenters. The van der Waals surface area contributed by atoms with Gasteiger partial charge in [-0.1, -0.05) is 6.92 Å². The number of carbonyl (C=O) groups excluding carboxylic acids is 2. The van der Waals surface area contributed by atoms with E-state index in [0.29, 0.717) is 18.1 Å². The van der Waals surface area contributed by atoms with E-state index in [0.717, 1.165) is 28.6 Å². The van der Waals surface area contributed by atoms with Crippen LogP contribution in [0.1, 0.15) is 44.6 Å². The third-order valence-electron chi connectivity index (χ3n) is 5.44. The summed E-state index contributed by atoms with van der Waals surface area (Å²) in [5.41, 5.74) is 2.74. The van der Waals surface area contributed by atoms with Gasteiger partial charge < -0.3 is 15.4 Å². The first-order valence-electron chi connectivity index (χ1n) is 10.00. The number of nitrogens with one attached hydrogen (secondary N) is 3. The molecule has 0 aliphatic carbocycles. The number of amides is 2. The molecule has 0 saturated carbocycles. The molecular weight excluding hydrogens is 402 g/mol. The van der Waals surface area contributed by atoms with Crippen molar-refractivity contribution in [3.05, 3.63) is 41.5 Å². The van der Waals surface area contributed by atoms with Crippen molar-refractivity contribution >= 4 is 44.9 Å². The third-order valence-corrected chi connectivity index (χ3v) is 6.19. The maximum Gasteiger partial charge on any atom is 0.231 e. The average molecular weight is 428 g/mol. The molecule has 1 aliphatic heterocycles. The van der Waals surface area contributed by atoms with Crippen molar-refractivity contribution in [1.82, 2.24) is 15.3 Å². The molecule has 1 aliphatic rings. The minimum atomic E-state index is -1.52. The number of aliphatic hydroxyl groups is 1. The maximum atomic E-state index is 12.7. The fraction of sp³-hybridized carbons (Fsp3) is 0.381. The summed E-state index contributed by atoms with van der Waals surface area (Å²) in [6.07, 6.45) is 4.99. The van der Waals surface area contributed by atoms with Crippen molar-refractivity contribution in [2.45, 2.75) is 44.9 Å². The van der Waals surface area contributed by atoms with Crippen LogP contribution in [0.15, 0.2) is 36.0 Å². The van der Waals surface area contributed by atoms with Crippen LogP contribution >= 0.6 is 11.3 Å². The number of benzene rings is 1. The first-order valence-corrected chi connectivity index (χ1v) is 10.9. The monoisotopic (exact) mass is 427 g/mol. The lowest BCUT2D eigenvalue weighted by molar-refractivity contribution is -0.126. The van der Waals surface area contributed by atoms with E-state index in [1.54, 1.807) is 18.5 Å². The zero-order valence-electron chi connectivity index (χ0n) is 16.9. The zero-order chi connectivity index (χ0) is 21.3. The first kappa shape index (κ1) is 20.5. The van der Waals surface area contributed by atoms with Gasteiger partial charge in [0.25, 0.3) is 0 Å². The second kappa shape index (κ2) is 8.17. The van der Waals surface area contributed by atoms with Crippen LogP contribution in [0.3, 0.4) is 0 Å². The Labute approximate surface area is 178 Å². The van der Waals surface area contributed by atoms with E-state index in [9.17, 15) is 14.7 Å². The molecule has 0 radical (unpaired) electrons. The minimum absolute atomic E-state index is 0.0182. The quantitative estimate of drug-likeness (QED) is 0.468. The molecule has 4 N–H and O–H groups in total. The normalized spacial score (nSPS) is 21.5. The van der Waals surface area contributed by atoms with Crippen LogP contribution in [0, 0.1) is 0 Å². The van der Waals surface area contributed by atoms with Crippen molar-refractivity contribution in [1.29, 1.82) is 0 Å². The molecule has 2 unspecified atom stereocenters. The number of rotatable bonds is 5. The van der Waals surface area contributed by atoms with Gasteiger partial charge in [0.05, 0.1) is 0 Å². The molecule has 0 bridgehead atoms. The van der Waals surface area contributed by atoms with Crippen LogP contribution in [0.5, 0.6) is 0 Å². The highest BCUT2D eigenvalue weighted by Gasteiger charge is 2.44. The smallest absolute Gasteiger partial charge is 0.231 e. The van der Waals surface area contributed by atoms with Gasteiger partial charge in [-0.15, -0.1) is 11.3 Å². The lowest BCUT2D eigenvalue weighted by Crippen LogP contribution is -2.64. The molecule has 1 saturated heterocycles. The number of piperidine rings is 1. The summed E-state index contributed by atoms with van der Waals surface area (Å²) >= 11 is 1.32. The fourth-order valence-corrected chi connectivity index (χ4v) is 4.84. The molecule has 0 spiro atoms. The Morgan fingerprint density at radius 3 is 2.97 bits per heavy atom. The largest absolute Gasteiger partial charge is 0.361 e.